The molecule has 0 saturated carbocycles. The predicted octanol–water partition coefficient (Wildman–Crippen LogP) is 3.08. The minimum absolute atomic E-state index is 0.268. The van der Waals surface area contributed by atoms with Crippen molar-refractivity contribution in [2.24, 2.45) is 0 Å². The van der Waals surface area contributed by atoms with Gasteiger partial charge in [-0.2, -0.15) is 4.98 Å². The van der Waals surface area contributed by atoms with Gasteiger partial charge in [-0.25, -0.2) is 4.39 Å². The lowest BCUT2D eigenvalue weighted by Crippen LogP contribution is -2.17. The third kappa shape index (κ3) is 3.32. The Labute approximate surface area is 112 Å². The summed E-state index contributed by atoms with van der Waals surface area (Å²) in [5, 5.41) is 3.18. The van der Waals surface area contributed by atoms with Crippen LogP contribution in [0.25, 0.3) is 0 Å². The van der Waals surface area contributed by atoms with Crippen molar-refractivity contribution in [3.8, 4) is 0 Å². The first-order valence-electron chi connectivity index (χ1n) is 6.42. The molecule has 1 heterocycles. The molecule has 102 valence electrons. The first-order chi connectivity index (χ1) is 9.24. The maximum atomic E-state index is 13.3. The first-order valence-corrected chi connectivity index (χ1v) is 6.42. The van der Waals surface area contributed by atoms with Crippen LogP contribution < -0.4 is 10.2 Å². The molecular formula is C14H18FN3O. The van der Waals surface area contributed by atoms with Crippen molar-refractivity contribution in [2.75, 3.05) is 18.0 Å². The zero-order valence-electron chi connectivity index (χ0n) is 11.2. The fourth-order valence-electron chi connectivity index (χ4n) is 1.83. The van der Waals surface area contributed by atoms with E-state index >= 15 is 0 Å². The van der Waals surface area contributed by atoms with Crippen LogP contribution in [0.15, 0.2) is 34.9 Å². The normalized spacial score (nSPS) is 10.7. The Morgan fingerprint density at radius 1 is 1.37 bits per heavy atom. The van der Waals surface area contributed by atoms with Gasteiger partial charge in [-0.15, -0.1) is 0 Å². The van der Waals surface area contributed by atoms with Crippen LogP contribution in [0.4, 0.5) is 16.1 Å². The van der Waals surface area contributed by atoms with Gasteiger partial charge >= 0.3 is 6.01 Å². The van der Waals surface area contributed by atoms with E-state index in [1.807, 2.05) is 24.8 Å². The summed E-state index contributed by atoms with van der Waals surface area (Å²) < 4.78 is 18.7. The van der Waals surface area contributed by atoms with Crippen LogP contribution in [0.1, 0.15) is 19.5 Å². The van der Waals surface area contributed by atoms with Gasteiger partial charge in [0.15, 0.2) is 0 Å². The molecule has 0 spiro atoms. The minimum Gasteiger partial charge on any atom is -0.431 e. The summed E-state index contributed by atoms with van der Waals surface area (Å²) >= 11 is 0. The van der Waals surface area contributed by atoms with Crippen LogP contribution in [0.3, 0.4) is 0 Å². The van der Waals surface area contributed by atoms with E-state index in [-0.39, 0.29) is 5.82 Å². The molecule has 2 aromatic rings. The topological polar surface area (TPSA) is 41.3 Å². The van der Waals surface area contributed by atoms with E-state index in [1.165, 1.54) is 12.1 Å². The zero-order valence-corrected chi connectivity index (χ0v) is 11.2. The summed E-state index contributed by atoms with van der Waals surface area (Å²) in [5.74, 6) is -0.268. The van der Waals surface area contributed by atoms with Gasteiger partial charge in [0.25, 0.3) is 0 Å². The summed E-state index contributed by atoms with van der Waals surface area (Å²) in [7, 11) is 0. The third-order valence-electron chi connectivity index (χ3n) is 2.76. The summed E-state index contributed by atoms with van der Waals surface area (Å²) in [6, 6.07) is 6.89. The molecular weight excluding hydrogens is 245 g/mol. The minimum atomic E-state index is -0.268. The van der Waals surface area contributed by atoms with Crippen molar-refractivity contribution in [3.05, 3.63) is 42.0 Å². The number of halogens is 1. The number of nitrogens with one attached hydrogen (secondary N) is 1. The standard InChI is InChI=1S/C14H18FN3O/c1-3-16-9-12-10-19-14(17-12)18(4-2)13-7-5-6-11(15)8-13/h5-8,10,16H,3-4,9H2,1-2H3. The fraction of sp³-hybridized carbons (Fsp3) is 0.357. The molecule has 0 aliphatic carbocycles. The Morgan fingerprint density at radius 3 is 2.89 bits per heavy atom. The highest BCUT2D eigenvalue weighted by Crippen LogP contribution is 2.24. The molecule has 1 N–H and O–H groups in total. The number of hydrogen-bond acceptors (Lipinski definition) is 4. The second kappa shape index (κ2) is 6.33. The van der Waals surface area contributed by atoms with Gasteiger partial charge in [0, 0.05) is 18.8 Å². The Balaban J connectivity index is 2.19. The largest absolute Gasteiger partial charge is 0.431 e. The van der Waals surface area contributed by atoms with Crippen LogP contribution in [-0.2, 0) is 6.54 Å². The van der Waals surface area contributed by atoms with Gasteiger partial charge in [0.05, 0.1) is 5.69 Å². The molecule has 4 nitrogen and oxygen atoms in total. The van der Waals surface area contributed by atoms with Gasteiger partial charge < -0.3 is 9.73 Å². The van der Waals surface area contributed by atoms with Crippen molar-refractivity contribution >= 4 is 11.7 Å². The van der Waals surface area contributed by atoms with E-state index in [9.17, 15) is 4.39 Å². The lowest BCUT2D eigenvalue weighted by molar-refractivity contribution is 0.552. The Kier molecular flexibility index (Phi) is 4.52. The lowest BCUT2D eigenvalue weighted by Gasteiger charge is -2.18. The molecule has 1 aromatic carbocycles. The first kappa shape index (κ1) is 13.5. The zero-order chi connectivity index (χ0) is 13.7. The van der Waals surface area contributed by atoms with E-state index < -0.39 is 0 Å². The molecule has 0 aliphatic rings. The van der Waals surface area contributed by atoms with Crippen LogP contribution >= 0.6 is 0 Å². The lowest BCUT2D eigenvalue weighted by atomic mass is 10.3. The quantitative estimate of drug-likeness (QED) is 0.869. The van der Waals surface area contributed by atoms with Crippen molar-refractivity contribution in [3.63, 3.8) is 0 Å². The van der Waals surface area contributed by atoms with Gasteiger partial charge in [0.2, 0.25) is 0 Å². The van der Waals surface area contributed by atoms with Crippen molar-refractivity contribution < 1.29 is 8.81 Å². The number of benzene rings is 1. The average Bonchev–Trinajstić information content (AvgIpc) is 2.86. The molecule has 0 fully saturated rings. The highest BCUT2D eigenvalue weighted by atomic mass is 19.1. The maximum absolute atomic E-state index is 13.3. The Bertz CT molecular complexity index is 527. The summed E-state index contributed by atoms with van der Waals surface area (Å²) in [4.78, 5) is 6.23. The molecule has 0 atom stereocenters. The average molecular weight is 263 g/mol. The van der Waals surface area contributed by atoms with Gasteiger partial charge in [-0.1, -0.05) is 13.0 Å². The fourth-order valence-corrected chi connectivity index (χ4v) is 1.83. The van der Waals surface area contributed by atoms with E-state index in [1.54, 1.807) is 12.3 Å². The third-order valence-corrected chi connectivity index (χ3v) is 2.76. The summed E-state index contributed by atoms with van der Waals surface area (Å²) in [6.07, 6.45) is 1.62. The van der Waals surface area contributed by atoms with E-state index in [4.69, 9.17) is 4.42 Å². The molecule has 1 aromatic heterocycles. The van der Waals surface area contributed by atoms with E-state index in [0.29, 0.717) is 19.1 Å². The van der Waals surface area contributed by atoms with E-state index in [0.717, 1.165) is 17.9 Å². The van der Waals surface area contributed by atoms with E-state index in [2.05, 4.69) is 10.3 Å². The molecule has 0 amide bonds. The van der Waals surface area contributed by atoms with Crippen LogP contribution in [-0.4, -0.2) is 18.1 Å². The molecule has 0 radical (unpaired) electrons. The van der Waals surface area contributed by atoms with Crippen LogP contribution in [0.2, 0.25) is 0 Å². The predicted molar refractivity (Wildman–Crippen MR) is 73.0 cm³/mol. The van der Waals surface area contributed by atoms with Gasteiger partial charge in [0.1, 0.15) is 12.1 Å². The molecule has 2 rings (SSSR count). The van der Waals surface area contributed by atoms with Crippen molar-refractivity contribution in [2.45, 2.75) is 20.4 Å². The molecule has 0 bridgehead atoms. The second-order valence-electron chi connectivity index (χ2n) is 4.13. The Hall–Kier alpha value is -1.88. The number of aromatic nitrogens is 1. The number of anilines is 2. The molecule has 0 saturated heterocycles. The number of hydrogen-bond donors (Lipinski definition) is 1. The summed E-state index contributed by atoms with van der Waals surface area (Å²) in [6.45, 7) is 6.21. The number of nitrogens with zero attached hydrogens (tertiary/aromatic N) is 2. The van der Waals surface area contributed by atoms with Crippen molar-refractivity contribution in [1.29, 1.82) is 0 Å². The smallest absolute Gasteiger partial charge is 0.302 e. The molecule has 0 aliphatic heterocycles. The van der Waals surface area contributed by atoms with Gasteiger partial charge in [-0.3, -0.25) is 4.90 Å². The molecule has 5 heteroatoms. The highest BCUT2D eigenvalue weighted by Gasteiger charge is 2.13. The summed E-state index contributed by atoms with van der Waals surface area (Å²) in [5.41, 5.74) is 1.58. The second-order valence-corrected chi connectivity index (χ2v) is 4.13. The van der Waals surface area contributed by atoms with Gasteiger partial charge in [-0.05, 0) is 31.7 Å². The molecule has 19 heavy (non-hydrogen) atoms. The maximum Gasteiger partial charge on any atom is 0.302 e. The van der Waals surface area contributed by atoms with Crippen molar-refractivity contribution in [1.82, 2.24) is 10.3 Å². The number of rotatable bonds is 6. The molecule has 0 unspecified atom stereocenters. The van der Waals surface area contributed by atoms with Crippen LogP contribution in [0.5, 0.6) is 0 Å². The monoisotopic (exact) mass is 263 g/mol. The highest BCUT2D eigenvalue weighted by molar-refractivity contribution is 5.55. The van der Waals surface area contributed by atoms with Crippen LogP contribution in [0, 0.1) is 5.82 Å². The number of oxazole rings is 1. The SMILES string of the molecule is CCNCc1coc(N(CC)c2cccc(F)c2)n1. The Morgan fingerprint density at radius 2 is 2.21 bits per heavy atom.